The van der Waals surface area contributed by atoms with Crippen LogP contribution in [-0.2, 0) is 14.8 Å². The molecule has 1 atom stereocenters. The van der Waals surface area contributed by atoms with Gasteiger partial charge in [0, 0.05) is 7.05 Å². The second kappa shape index (κ2) is 4.63. The van der Waals surface area contributed by atoms with Crippen LogP contribution in [-0.4, -0.2) is 31.9 Å². The van der Waals surface area contributed by atoms with Crippen molar-refractivity contribution in [3.63, 3.8) is 0 Å². The fourth-order valence-corrected chi connectivity index (χ4v) is 1.99. The molecule has 16 heavy (non-hydrogen) atoms. The molecule has 2 N–H and O–H groups in total. The van der Waals surface area contributed by atoms with Gasteiger partial charge >= 0.3 is 0 Å². The summed E-state index contributed by atoms with van der Waals surface area (Å²) in [5, 5.41) is 0. The van der Waals surface area contributed by atoms with Crippen LogP contribution in [0.4, 0.5) is 0 Å². The quantitative estimate of drug-likeness (QED) is 0.813. The molecule has 6 heteroatoms. The van der Waals surface area contributed by atoms with Crippen LogP contribution in [0.5, 0.6) is 0 Å². The number of carbonyl (C=O) groups excluding carboxylic acids is 1. The largest absolute Gasteiger partial charge is 0.368 e. The van der Waals surface area contributed by atoms with Gasteiger partial charge in [-0.1, -0.05) is 30.3 Å². The number of carbonyl (C=O) groups is 1. The summed E-state index contributed by atoms with van der Waals surface area (Å²) >= 11 is 0. The van der Waals surface area contributed by atoms with E-state index in [4.69, 9.17) is 5.73 Å². The van der Waals surface area contributed by atoms with Crippen LogP contribution in [0.3, 0.4) is 0 Å². The summed E-state index contributed by atoms with van der Waals surface area (Å²) in [5.74, 6) is -0.695. The first-order chi connectivity index (χ1) is 7.34. The smallest absolute Gasteiger partial charge is 0.240 e. The van der Waals surface area contributed by atoms with E-state index in [1.807, 2.05) is 0 Å². The summed E-state index contributed by atoms with van der Waals surface area (Å²) in [6, 6.07) is 7.59. The first-order valence-corrected chi connectivity index (χ1v) is 6.46. The molecule has 0 aliphatic carbocycles. The molecule has 5 nitrogen and oxygen atoms in total. The molecule has 0 saturated heterocycles. The van der Waals surface area contributed by atoms with Crippen LogP contribution >= 0.6 is 0 Å². The topological polar surface area (TPSA) is 80.5 Å². The van der Waals surface area contributed by atoms with E-state index in [0.29, 0.717) is 5.56 Å². The molecule has 0 radical (unpaired) electrons. The third-order valence-electron chi connectivity index (χ3n) is 2.27. The third-order valence-corrected chi connectivity index (χ3v) is 3.53. The van der Waals surface area contributed by atoms with Gasteiger partial charge in [-0.15, -0.1) is 0 Å². The van der Waals surface area contributed by atoms with Crippen LogP contribution in [0, 0.1) is 0 Å². The lowest BCUT2D eigenvalue weighted by molar-refractivity contribution is -0.121. The number of hydrogen-bond acceptors (Lipinski definition) is 3. The normalized spacial score (nSPS) is 13.7. The molecule has 1 amide bonds. The Morgan fingerprint density at radius 1 is 1.31 bits per heavy atom. The molecule has 0 heterocycles. The second-order valence-corrected chi connectivity index (χ2v) is 5.54. The van der Waals surface area contributed by atoms with Crippen molar-refractivity contribution in [3.05, 3.63) is 35.9 Å². The third kappa shape index (κ3) is 2.80. The summed E-state index contributed by atoms with van der Waals surface area (Å²) in [6.07, 6.45) is 1.03. The number of amides is 1. The highest BCUT2D eigenvalue weighted by molar-refractivity contribution is 7.88. The average molecular weight is 242 g/mol. The SMILES string of the molecule is CN([C@H](C(N)=O)c1ccccc1)S(C)(=O)=O. The van der Waals surface area contributed by atoms with Gasteiger partial charge < -0.3 is 5.73 Å². The van der Waals surface area contributed by atoms with Crippen LogP contribution in [0.1, 0.15) is 11.6 Å². The summed E-state index contributed by atoms with van der Waals surface area (Å²) in [4.78, 5) is 11.3. The average Bonchev–Trinajstić information content (AvgIpc) is 2.17. The van der Waals surface area contributed by atoms with Gasteiger partial charge in [-0.05, 0) is 5.56 Å². The van der Waals surface area contributed by atoms with E-state index in [2.05, 4.69) is 0 Å². The predicted molar refractivity (Wildman–Crippen MR) is 61.0 cm³/mol. The van der Waals surface area contributed by atoms with Crippen molar-refractivity contribution in [2.24, 2.45) is 5.73 Å². The minimum Gasteiger partial charge on any atom is -0.368 e. The first kappa shape index (κ1) is 12.7. The lowest BCUT2D eigenvalue weighted by Crippen LogP contribution is -2.38. The maximum atomic E-state index is 11.4. The Morgan fingerprint density at radius 3 is 2.19 bits per heavy atom. The number of rotatable bonds is 4. The van der Waals surface area contributed by atoms with Crippen molar-refractivity contribution in [2.75, 3.05) is 13.3 Å². The van der Waals surface area contributed by atoms with Gasteiger partial charge in [0.2, 0.25) is 15.9 Å². The van der Waals surface area contributed by atoms with Crippen molar-refractivity contribution >= 4 is 15.9 Å². The number of hydrogen-bond donors (Lipinski definition) is 1. The minimum atomic E-state index is -3.46. The summed E-state index contributed by atoms with van der Waals surface area (Å²) in [5.41, 5.74) is 5.78. The Hall–Kier alpha value is -1.40. The number of benzene rings is 1. The molecule has 1 aromatic carbocycles. The number of nitrogens with zero attached hydrogens (tertiary/aromatic N) is 1. The van der Waals surface area contributed by atoms with E-state index in [9.17, 15) is 13.2 Å². The van der Waals surface area contributed by atoms with E-state index in [0.717, 1.165) is 10.6 Å². The zero-order valence-corrected chi connectivity index (χ0v) is 9.94. The molecule has 0 unspecified atom stereocenters. The van der Waals surface area contributed by atoms with Gasteiger partial charge in [0.05, 0.1) is 6.26 Å². The highest BCUT2D eigenvalue weighted by atomic mass is 32.2. The van der Waals surface area contributed by atoms with E-state index in [1.165, 1.54) is 7.05 Å². The molecule has 0 aliphatic heterocycles. The Morgan fingerprint density at radius 2 is 1.81 bits per heavy atom. The van der Waals surface area contributed by atoms with Crippen LogP contribution in [0.25, 0.3) is 0 Å². The standard InChI is InChI=1S/C10H14N2O3S/c1-12(16(2,14)15)9(10(11)13)8-6-4-3-5-7-8/h3-7,9H,1-2H3,(H2,11,13)/t9-/m0/s1. The lowest BCUT2D eigenvalue weighted by Gasteiger charge is -2.23. The Bertz CT molecular complexity index is 470. The van der Waals surface area contributed by atoms with E-state index in [1.54, 1.807) is 30.3 Å². The maximum absolute atomic E-state index is 11.4. The number of nitrogens with two attached hydrogens (primary N) is 1. The summed E-state index contributed by atoms with van der Waals surface area (Å²) in [6.45, 7) is 0. The molecule has 0 bridgehead atoms. The minimum absolute atomic E-state index is 0.558. The van der Waals surface area contributed by atoms with Crippen molar-refractivity contribution in [3.8, 4) is 0 Å². The molecular formula is C10H14N2O3S. The van der Waals surface area contributed by atoms with E-state index in [-0.39, 0.29) is 0 Å². The molecule has 88 valence electrons. The van der Waals surface area contributed by atoms with Crippen molar-refractivity contribution < 1.29 is 13.2 Å². The van der Waals surface area contributed by atoms with Gasteiger partial charge in [-0.25, -0.2) is 8.42 Å². The molecule has 0 fully saturated rings. The fourth-order valence-electron chi connectivity index (χ4n) is 1.38. The lowest BCUT2D eigenvalue weighted by atomic mass is 10.1. The molecule has 1 rings (SSSR count). The van der Waals surface area contributed by atoms with Gasteiger partial charge in [0.25, 0.3) is 0 Å². The predicted octanol–water partition coefficient (Wildman–Crippen LogP) is 0.104. The van der Waals surface area contributed by atoms with Gasteiger partial charge in [0.1, 0.15) is 6.04 Å². The Balaban J connectivity index is 3.17. The van der Waals surface area contributed by atoms with Gasteiger partial charge in [-0.2, -0.15) is 4.31 Å². The number of primary amides is 1. The monoisotopic (exact) mass is 242 g/mol. The van der Waals surface area contributed by atoms with Crippen LogP contribution in [0.2, 0.25) is 0 Å². The summed E-state index contributed by atoms with van der Waals surface area (Å²) < 4.78 is 23.7. The summed E-state index contributed by atoms with van der Waals surface area (Å²) in [7, 11) is -2.13. The maximum Gasteiger partial charge on any atom is 0.240 e. The molecule has 0 spiro atoms. The fraction of sp³-hybridized carbons (Fsp3) is 0.300. The number of sulfonamides is 1. The Labute approximate surface area is 94.9 Å². The second-order valence-electron chi connectivity index (χ2n) is 3.49. The van der Waals surface area contributed by atoms with Crippen molar-refractivity contribution in [1.82, 2.24) is 4.31 Å². The zero-order valence-electron chi connectivity index (χ0n) is 9.12. The van der Waals surface area contributed by atoms with E-state index < -0.39 is 22.0 Å². The van der Waals surface area contributed by atoms with E-state index >= 15 is 0 Å². The van der Waals surface area contributed by atoms with Crippen molar-refractivity contribution in [2.45, 2.75) is 6.04 Å². The highest BCUT2D eigenvalue weighted by Crippen LogP contribution is 2.20. The zero-order chi connectivity index (χ0) is 12.3. The molecule has 0 aromatic heterocycles. The van der Waals surface area contributed by atoms with Crippen LogP contribution < -0.4 is 5.73 Å². The Kier molecular flexibility index (Phi) is 3.66. The van der Waals surface area contributed by atoms with Gasteiger partial charge in [-0.3, -0.25) is 4.79 Å². The highest BCUT2D eigenvalue weighted by Gasteiger charge is 2.28. The molecule has 0 saturated carbocycles. The molecular weight excluding hydrogens is 228 g/mol. The van der Waals surface area contributed by atoms with Crippen LogP contribution in [0.15, 0.2) is 30.3 Å². The van der Waals surface area contributed by atoms with Crippen molar-refractivity contribution in [1.29, 1.82) is 0 Å². The van der Waals surface area contributed by atoms with Gasteiger partial charge in [0.15, 0.2) is 0 Å². The number of likely N-dealkylation sites (N-methyl/N-ethyl adjacent to an activating group) is 1. The molecule has 1 aromatic rings. The molecule has 0 aliphatic rings. The first-order valence-electron chi connectivity index (χ1n) is 4.61.